The monoisotopic (exact) mass is 388 g/mol. The van der Waals surface area contributed by atoms with Gasteiger partial charge in [-0.2, -0.15) is 11.8 Å². The van der Waals surface area contributed by atoms with Gasteiger partial charge in [0.15, 0.2) is 0 Å². The van der Waals surface area contributed by atoms with Crippen LogP contribution in [0, 0.1) is 0 Å². The van der Waals surface area contributed by atoms with Gasteiger partial charge in [0.05, 0.1) is 20.3 Å². The van der Waals surface area contributed by atoms with E-state index in [2.05, 4.69) is 6.26 Å². The van der Waals surface area contributed by atoms with E-state index in [9.17, 15) is 4.79 Å². The first-order chi connectivity index (χ1) is 13.2. The first-order valence-electron chi connectivity index (χ1n) is 9.33. The zero-order valence-electron chi connectivity index (χ0n) is 16.3. The number of aromatic nitrogens is 1. The molecule has 2 heterocycles. The quantitative estimate of drug-likeness (QED) is 0.681. The number of nitrogens with zero attached hydrogens (tertiary/aromatic N) is 2. The molecule has 1 saturated heterocycles. The third-order valence-corrected chi connectivity index (χ3v) is 5.85. The number of hydrogen-bond donors (Lipinski definition) is 0. The smallest absolute Gasteiger partial charge is 0.246 e. The molecule has 5 nitrogen and oxygen atoms in total. The van der Waals surface area contributed by atoms with E-state index in [0.717, 1.165) is 48.6 Å². The minimum Gasteiger partial charge on any atom is -0.497 e. The molecule has 2 unspecified atom stereocenters. The summed E-state index contributed by atoms with van der Waals surface area (Å²) in [6, 6.07) is 9.72. The third-order valence-electron chi connectivity index (χ3n) is 5.20. The van der Waals surface area contributed by atoms with Crippen molar-refractivity contribution < 1.29 is 14.3 Å². The summed E-state index contributed by atoms with van der Waals surface area (Å²) >= 11 is 1.78. The molecule has 1 fully saturated rings. The third kappa shape index (κ3) is 4.26. The molecule has 146 valence electrons. The Hall–Kier alpha value is -2.08. The van der Waals surface area contributed by atoms with Crippen molar-refractivity contribution in [2.24, 2.45) is 0 Å². The molecule has 1 amide bonds. The molecule has 0 saturated carbocycles. The zero-order chi connectivity index (χ0) is 19.2. The Labute approximate surface area is 165 Å². The van der Waals surface area contributed by atoms with Crippen molar-refractivity contribution in [3.8, 4) is 11.5 Å². The maximum atomic E-state index is 13.5. The van der Waals surface area contributed by atoms with Gasteiger partial charge in [-0.3, -0.25) is 4.79 Å². The number of ether oxygens (including phenoxy) is 2. The molecule has 3 rings (SSSR count). The number of methoxy groups -OCH3 is 2. The van der Waals surface area contributed by atoms with E-state index >= 15 is 0 Å². The lowest BCUT2D eigenvalue weighted by Crippen LogP contribution is -2.37. The molecule has 0 radical (unpaired) electrons. The molecule has 1 aromatic heterocycles. The van der Waals surface area contributed by atoms with Gasteiger partial charge in [0.2, 0.25) is 5.91 Å². The fourth-order valence-corrected chi connectivity index (χ4v) is 4.28. The number of hydrogen-bond acceptors (Lipinski definition) is 4. The van der Waals surface area contributed by atoms with Crippen LogP contribution in [0.5, 0.6) is 11.5 Å². The first kappa shape index (κ1) is 19.7. The van der Waals surface area contributed by atoms with E-state index in [1.165, 1.54) is 0 Å². The fourth-order valence-electron chi connectivity index (χ4n) is 3.82. The summed E-state index contributed by atoms with van der Waals surface area (Å²) < 4.78 is 13.0. The van der Waals surface area contributed by atoms with Crippen molar-refractivity contribution in [1.82, 2.24) is 9.47 Å². The lowest BCUT2D eigenvalue weighted by atomic mass is 10.0. The van der Waals surface area contributed by atoms with Crippen molar-refractivity contribution in [2.45, 2.75) is 31.3 Å². The van der Waals surface area contributed by atoms with Gasteiger partial charge in [0, 0.05) is 30.6 Å². The zero-order valence-corrected chi connectivity index (χ0v) is 17.1. The minimum absolute atomic E-state index is 0.0469. The van der Waals surface area contributed by atoms with Crippen LogP contribution in [0.2, 0.25) is 0 Å². The van der Waals surface area contributed by atoms with Crippen LogP contribution in [0.15, 0.2) is 42.7 Å². The van der Waals surface area contributed by atoms with Gasteiger partial charge < -0.3 is 18.9 Å². The summed E-state index contributed by atoms with van der Waals surface area (Å²) in [4.78, 5) is 15.5. The molecule has 1 aliphatic rings. The highest BCUT2D eigenvalue weighted by molar-refractivity contribution is 7.98. The van der Waals surface area contributed by atoms with Crippen LogP contribution in [0.25, 0.3) is 0 Å². The number of benzene rings is 1. The molecule has 2 aromatic rings. The molecule has 1 aromatic carbocycles. The SMILES string of the molecule is COc1ccc(C2CCCN2C(=O)C(CCSC)n2cccc2)c(OC)c1. The van der Waals surface area contributed by atoms with Crippen LogP contribution in [0.1, 0.15) is 36.9 Å². The van der Waals surface area contributed by atoms with Crippen molar-refractivity contribution in [3.63, 3.8) is 0 Å². The molecule has 27 heavy (non-hydrogen) atoms. The highest BCUT2D eigenvalue weighted by Gasteiger charge is 2.35. The highest BCUT2D eigenvalue weighted by atomic mass is 32.2. The number of rotatable bonds is 8. The number of likely N-dealkylation sites (tertiary alicyclic amines) is 1. The highest BCUT2D eigenvalue weighted by Crippen LogP contribution is 2.40. The van der Waals surface area contributed by atoms with Crippen LogP contribution < -0.4 is 9.47 Å². The predicted molar refractivity (Wildman–Crippen MR) is 110 cm³/mol. The van der Waals surface area contributed by atoms with Crippen LogP contribution >= 0.6 is 11.8 Å². The summed E-state index contributed by atoms with van der Waals surface area (Å²) in [6.07, 6.45) is 8.85. The molecule has 1 aliphatic heterocycles. The van der Waals surface area contributed by atoms with Gasteiger partial charge in [0.1, 0.15) is 17.5 Å². The maximum absolute atomic E-state index is 13.5. The predicted octanol–water partition coefficient (Wildman–Crippen LogP) is 4.16. The second-order valence-electron chi connectivity index (χ2n) is 6.73. The number of carbonyl (C=O) groups is 1. The van der Waals surface area contributed by atoms with E-state index in [4.69, 9.17) is 9.47 Å². The Morgan fingerprint density at radius 1 is 1.26 bits per heavy atom. The summed E-state index contributed by atoms with van der Waals surface area (Å²) in [6.45, 7) is 0.787. The van der Waals surface area contributed by atoms with E-state index in [0.29, 0.717) is 0 Å². The average Bonchev–Trinajstić information content (AvgIpc) is 3.39. The van der Waals surface area contributed by atoms with Crippen LogP contribution in [-0.2, 0) is 4.79 Å². The van der Waals surface area contributed by atoms with Crippen molar-refractivity contribution in [1.29, 1.82) is 0 Å². The van der Waals surface area contributed by atoms with Gasteiger partial charge in [-0.1, -0.05) is 0 Å². The van der Waals surface area contributed by atoms with Crippen molar-refractivity contribution in [3.05, 3.63) is 48.3 Å². The summed E-state index contributed by atoms with van der Waals surface area (Å²) in [5.41, 5.74) is 1.06. The number of thioether (sulfide) groups is 1. The first-order valence-corrected chi connectivity index (χ1v) is 10.7. The molecule has 0 N–H and O–H groups in total. The molecule has 6 heteroatoms. The summed E-state index contributed by atoms with van der Waals surface area (Å²) in [5.74, 6) is 2.69. The van der Waals surface area contributed by atoms with Gasteiger partial charge >= 0.3 is 0 Å². The van der Waals surface area contributed by atoms with Gasteiger partial charge in [0.25, 0.3) is 0 Å². The normalized spacial score (nSPS) is 17.7. The molecular weight excluding hydrogens is 360 g/mol. The molecule has 0 aliphatic carbocycles. The minimum atomic E-state index is -0.155. The Kier molecular flexibility index (Phi) is 6.72. The van der Waals surface area contributed by atoms with E-state index in [-0.39, 0.29) is 18.0 Å². The Morgan fingerprint density at radius 3 is 2.70 bits per heavy atom. The standard InChI is InChI=1S/C21H28N2O3S/c1-25-16-8-9-17(20(15-16)26-2)18-7-6-13-23(18)21(24)19(10-14-27-3)22-11-4-5-12-22/h4-5,8-9,11-12,15,18-19H,6-7,10,13-14H2,1-3H3. The van der Waals surface area contributed by atoms with E-state index in [1.54, 1.807) is 26.0 Å². The summed E-state index contributed by atoms with van der Waals surface area (Å²) in [7, 11) is 3.31. The Morgan fingerprint density at radius 2 is 2.04 bits per heavy atom. The Bertz CT molecular complexity index is 748. The second kappa shape index (κ2) is 9.22. The van der Waals surface area contributed by atoms with Gasteiger partial charge in [-0.25, -0.2) is 0 Å². The number of carbonyl (C=O) groups excluding carboxylic acids is 1. The van der Waals surface area contributed by atoms with Crippen LogP contribution in [0.4, 0.5) is 0 Å². The van der Waals surface area contributed by atoms with Crippen molar-refractivity contribution in [2.75, 3.05) is 32.8 Å². The maximum Gasteiger partial charge on any atom is 0.246 e. The molecule has 0 spiro atoms. The molecule has 2 atom stereocenters. The topological polar surface area (TPSA) is 43.7 Å². The van der Waals surface area contributed by atoms with E-state index in [1.807, 2.05) is 52.2 Å². The average molecular weight is 389 g/mol. The van der Waals surface area contributed by atoms with Crippen LogP contribution in [0.3, 0.4) is 0 Å². The van der Waals surface area contributed by atoms with E-state index < -0.39 is 0 Å². The van der Waals surface area contributed by atoms with Gasteiger partial charge in [-0.15, -0.1) is 0 Å². The van der Waals surface area contributed by atoms with Crippen LogP contribution in [-0.4, -0.2) is 48.1 Å². The Balaban J connectivity index is 1.87. The van der Waals surface area contributed by atoms with Crippen molar-refractivity contribution >= 4 is 17.7 Å². The fraction of sp³-hybridized carbons (Fsp3) is 0.476. The second-order valence-corrected chi connectivity index (χ2v) is 7.71. The lowest BCUT2D eigenvalue weighted by Gasteiger charge is -2.30. The van der Waals surface area contributed by atoms with Gasteiger partial charge in [-0.05, 0) is 55.5 Å². The summed E-state index contributed by atoms with van der Waals surface area (Å²) in [5, 5.41) is 0. The largest absolute Gasteiger partial charge is 0.497 e. The molecular formula is C21H28N2O3S. The molecule has 0 bridgehead atoms. The number of amides is 1. The lowest BCUT2D eigenvalue weighted by molar-refractivity contribution is -0.135.